The van der Waals surface area contributed by atoms with E-state index < -0.39 is 18.1 Å². The molecule has 1 saturated heterocycles. The maximum Gasteiger partial charge on any atom is 0.326 e. The van der Waals surface area contributed by atoms with Gasteiger partial charge < -0.3 is 15.1 Å². The fraction of sp³-hybridized carbons (Fsp3) is 0.333. The average molecular weight is 440 g/mol. The molecule has 0 bridgehead atoms. The lowest BCUT2D eigenvalue weighted by molar-refractivity contribution is -0.141. The molecule has 19 heavy (non-hydrogen) atoms. The first kappa shape index (κ1) is 14.7. The van der Waals surface area contributed by atoms with Gasteiger partial charge in [0.25, 0.3) is 5.91 Å². The van der Waals surface area contributed by atoms with Crippen LogP contribution in [0.4, 0.5) is 0 Å². The molecule has 5 nitrogen and oxygen atoms in total. The summed E-state index contributed by atoms with van der Waals surface area (Å²) in [6, 6.07) is 4.29. The number of carboxylic acid groups (broad SMARTS) is 1. The van der Waals surface area contributed by atoms with Gasteiger partial charge in [-0.3, -0.25) is 4.79 Å². The highest BCUT2D eigenvalue weighted by Gasteiger charge is 2.39. The van der Waals surface area contributed by atoms with Gasteiger partial charge in [-0.25, -0.2) is 4.79 Å². The Morgan fingerprint density at radius 3 is 2.74 bits per heavy atom. The van der Waals surface area contributed by atoms with E-state index in [0.29, 0.717) is 5.56 Å². The molecule has 2 atom stereocenters. The van der Waals surface area contributed by atoms with E-state index in [9.17, 15) is 14.7 Å². The third kappa shape index (κ3) is 3.09. The van der Waals surface area contributed by atoms with E-state index in [-0.39, 0.29) is 18.9 Å². The first-order valence-corrected chi connectivity index (χ1v) is 7.44. The predicted octanol–water partition coefficient (Wildman–Crippen LogP) is 1.71. The number of amides is 1. The minimum absolute atomic E-state index is 0.0540. The number of carboxylic acids is 1. The second-order valence-corrected chi connectivity index (χ2v) is 6.40. The molecule has 1 amide bonds. The number of hydrogen-bond donors (Lipinski definition) is 2. The summed E-state index contributed by atoms with van der Waals surface area (Å²) >= 11 is 5.32. The molecule has 7 heteroatoms. The van der Waals surface area contributed by atoms with Gasteiger partial charge in [0, 0.05) is 21.0 Å². The molecular formula is C12H11BrINO4. The molecule has 0 saturated carbocycles. The molecule has 1 fully saturated rings. The van der Waals surface area contributed by atoms with Crippen LogP contribution in [-0.2, 0) is 4.79 Å². The Balaban J connectivity index is 2.33. The Morgan fingerprint density at radius 2 is 2.11 bits per heavy atom. The maximum atomic E-state index is 12.4. The van der Waals surface area contributed by atoms with Crippen LogP contribution in [0.5, 0.6) is 0 Å². The van der Waals surface area contributed by atoms with Gasteiger partial charge in [-0.15, -0.1) is 0 Å². The van der Waals surface area contributed by atoms with E-state index >= 15 is 0 Å². The quantitative estimate of drug-likeness (QED) is 0.688. The van der Waals surface area contributed by atoms with Gasteiger partial charge in [-0.1, -0.05) is 15.9 Å². The van der Waals surface area contributed by atoms with Crippen molar-refractivity contribution < 1.29 is 19.8 Å². The molecule has 102 valence electrons. The van der Waals surface area contributed by atoms with Crippen LogP contribution in [0.15, 0.2) is 22.7 Å². The Morgan fingerprint density at radius 1 is 1.42 bits per heavy atom. The number of carbonyl (C=O) groups is 2. The fourth-order valence-corrected chi connectivity index (χ4v) is 3.02. The van der Waals surface area contributed by atoms with Crippen molar-refractivity contribution in [1.29, 1.82) is 0 Å². The number of carbonyl (C=O) groups excluding carboxylic acids is 1. The Labute approximate surface area is 131 Å². The molecule has 0 spiro atoms. The standard InChI is InChI=1S/C12H11BrINO4/c13-6-1-2-9(14)8(3-6)11(17)15-5-7(16)4-10(15)12(18)19/h1-3,7,10,16H,4-5H2,(H,18,19)/t7?,10-/m0/s1. The Kier molecular flexibility index (Phi) is 4.46. The van der Waals surface area contributed by atoms with Gasteiger partial charge in [0.2, 0.25) is 0 Å². The van der Waals surface area contributed by atoms with Crippen LogP contribution in [0.2, 0.25) is 0 Å². The molecular weight excluding hydrogens is 429 g/mol. The van der Waals surface area contributed by atoms with Crippen LogP contribution in [0.1, 0.15) is 16.8 Å². The first-order chi connectivity index (χ1) is 8.90. The second kappa shape index (κ2) is 5.76. The zero-order valence-corrected chi connectivity index (χ0v) is 13.5. The van der Waals surface area contributed by atoms with Crippen molar-refractivity contribution >= 4 is 50.4 Å². The highest BCUT2D eigenvalue weighted by molar-refractivity contribution is 14.1. The molecule has 2 rings (SSSR count). The van der Waals surface area contributed by atoms with Crippen molar-refractivity contribution in [3.63, 3.8) is 0 Å². The minimum Gasteiger partial charge on any atom is -0.480 e. The molecule has 0 aliphatic carbocycles. The summed E-state index contributed by atoms with van der Waals surface area (Å²) in [5.74, 6) is -1.45. The summed E-state index contributed by atoms with van der Waals surface area (Å²) in [5.41, 5.74) is 0.440. The minimum atomic E-state index is -1.09. The monoisotopic (exact) mass is 439 g/mol. The maximum absolute atomic E-state index is 12.4. The lowest BCUT2D eigenvalue weighted by Gasteiger charge is -2.21. The number of β-amino-alcohol motifs (C(OH)–C–C–N with tert-alkyl or cyclic N) is 1. The van der Waals surface area contributed by atoms with Crippen molar-refractivity contribution in [2.75, 3.05) is 6.54 Å². The van der Waals surface area contributed by atoms with Gasteiger partial charge in [0.05, 0.1) is 11.7 Å². The number of likely N-dealkylation sites (tertiary alicyclic amines) is 1. The van der Waals surface area contributed by atoms with E-state index in [0.717, 1.165) is 8.04 Å². The average Bonchev–Trinajstić information content (AvgIpc) is 2.74. The molecule has 1 aliphatic heterocycles. The lowest BCUT2D eigenvalue weighted by atomic mass is 10.1. The zero-order valence-electron chi connectivity index (χ0n) is 9.72. The van der Waals surface area contributed by atoms with E-state index in [2.05, 4.69) is 15.9 Å². The number of hydrogen-bond acceptors (Lipinski definition) is 3. The third-order valence-corrected chi connectivity index (χ3v) is 4.42. The van der Waals surface area contributed by atoms with E-state index in [1.807, 2.05) is 28.7 Å². The number of benzene rings is 1. The molecule has 1 unspecified atom stereocenters. The predicted molar refractivity (Wildman–Crippen MR) is 79.9 cm³/mol. The van der Waals surface area contributed by atoms with E-state index in [1.54, 1.807) is 12.1 Å². The van der Waals surface area contributed by atoms with Gasteiger partial charge >= 0.3 is 5.97 Å². The molecule has 0 aromatic heterocycles. The van der Waals surface area contributed by atoms with Crippen molar-refractivity contribution in [3.8, 4) is 0 Å². The van der Waals surface area contributed by atoms with Gasteiger partial charge in [0.1, 0.15) is 6.04 Å². The highest BCUT2D eigenvalue weighted by atomic mass is 127. The number of aliphatic hydroxyl groups excluding tert-OH is 1. The molecule has 1 heterocycles. The van der Waals surface area contributed by atoms with E-state index in [4.69, 9.17) is 5.11 Å². The number of nitrogens with zero attached hydrogens (tertiary/aromatic N) is 1. The van der Waals surface area contributed by atoms with Crippen LogP contribution in [0, 0.1) is 3.57 Å². The van der Waals surface area contributed by atoms with Crippen LogP contribution in [0.25, 0.3) is 0 Å². The third-order valence-electron chi connectivity index (χ3n) is 2.98. The van der Waals surface area contributed by atoms with Gasteiger partial charge in [-0.05, 0) is 40.8 Å². The smallest absolute Gasteiger partial charge is 0.326 e. The molecule has 1 aromatic carbocycles. The number of rotatable bonds is 2. The van der Waals surface area contributed by atoms with Crippen molar-refractivity contribution in [1.82, 2.24) is 4.90 Å². The van der Waals surface area contributed by atoms with Crippen molar-refractivity contribution in [2.24, 2.45) is 0 Å². The topological polar surface area (TPSA) is 77.8 Å². The number of aliphatic hydroxyl groups is 1. The Hall–Kier alpha value is -0.670. The van der Waals surface area contributed by atoms with Crippen molar-refractivity contribution in [3.05, 3.63) is 31.8 Å². The van der Waals surface area contributed by atoms with Crippen LogP contribution < -0.4 is 0 Å². The summed E-state index contributed by atoms with van der Waals surface area (Å²) < 4.78 is 1.50. The fourth-order valence-electron chi connectivity index (χ4n) is 2.09. The summed E-state index contributed by atoms with van der Waals surface area (Å²) in [7, 11) is 0. The SMILES string of the molecule is O=C(O)[C@@H]1CC(O)CN1C(=O)c1cc(Br)ccc1I. The lowest BCUT2D eigenvalue weighted by Crippen LogP contribution is -2.40. The van der Waals surface area contributed by atoms with Crippen LogP contribution in [0.3, 0.4) is 0 Å². The molecule has 0 radical (unpaired) electrons. The van der Waals surface area contributed by atoms with Crippen LogP contribution >= 0.6 is 38.5 Å². The normalized spacial score (nSPS) is 22.6. The summed E-state index contributed by atoms with van der Waals surface area (Å²) in [5, 5.41) is 18.7. The Bertz CT molecular complexity index is 536. The zero-order chi connectivity index (χ0) is 14.2. The van der Waals surface area contributed by atoms with Gasteiger partial charge in [0.15, 0.2) is 0 Å². The summed E-state index contributed by atoms with van der Waals surface area (Å²) in [4.78, 5) is 24.8. The van der Waals surface area contributed by atoms with E-state index in [1.165, 1.54) is 4.90 Å². The molecule has 1 aliphatic rings. The summed E-state index contributed by atoms with van der Waals surface area (Å²) in [6.07, 6.45) is -0.707. The largest absolute Gasteiger partial charge is 0.480 e. The number of halogens is 2. The summed E-state index contributed by atoms with van der Waals surface area (Å²) in [6.45, 7) is 0.0540. The first-order valence-electron chi connectivity index (χ1n) is 5.57. The molecule has 2 N–H and O–H groups in total. The van der Waals surface area contributed by atoms with Gasteiger partial charge in [-0.2, -0.15) is 0 Å². The van der Waals surface area contributed by atoms with Crippen molar-refractivity contribution in [2.45, 2.75) is 18.6 Å². The highest BCUT2D eigenvalue weighted by Crippen LogP contribution is 2.25. The number of aliphatic carboxylic acids is 1. The second-order valence-electron chi connectivity index (χ2n) is 4.33. The van der Waals surface area contributed by atoms with Crippen LogP contribution in [-0.4, -0.2) is 45.7 Å². The molecule has 1 aromatic rings.